The van der Waals surface area contributed by atoms with Crippen molar-refractivity contribution in [2.45, 2.75) is 37.5 Å². The lowest BCUT2D eigenvalue weighted by Gasteiger charge is -2.36. The van der Waals surface area contributed by atoms with Gasteiger partial charge in [-0.15, -0.1) is 0 Å². The van der Waals surface area contributed by atoms with Gasteiger partial charge in [0, 0.05) is 31.2 Å². The minimum atomic E-state index is -0.108. The van der Waals surface area contributed by atoms with E-state index in [1.807, 2.05) is 12.1 Å². The summed E-state index contributed by atoms with van der Waals surface area (Å²) in [6.45, 7) is 1.86. The Bertz CT molecular complexity index is 913. The molecule has 0 aromatic heterocycles. The molecule has 172 valence electrons. The molecule has 2 aromatic carbocycles. The van der Waals surface area contributed by atoms with Crippen LogP contribution in [0, 0.1) is 0 Å². The molecule has 2 atom stereocenters. The van der Waals surface area contributed by atoms with E-state index in [0.29, 0.717) is 17.1 Å². The summed E-state index contributed by atoms with van der Waals surface area (Å²) in [5.41, 5.74) is 8.63. The minimum absolute atomic E-state index is 0.108. The highest BCUT2D eigenvalue weighted by molar-refractivity contribution is 5.97. The second-order valence-electron chi connectivity index (χ2n) is 8.22. The van der Waals surface area contributed by atoms with Gasteiger partial charge < -0.3 is 19.5 Å². The Morgan fingerprint density at radius 1 is 0.938 bits per heavy atom. The first-order chi connectivity index (χ1) is 15.6. The second kappa shape index (κ2) is 10.2. The molecule has 32 heavy (non-hydrogen) atoms. The van der Waals surface area contributed by atoms with Crippen molar-refractivity contribution in [3.05, 3.63) is 53.6 Å². The standard InChI is InChI=1S/C24H32N4O4/c1-30-18-6-4-16(5-7-18)21-15-23(27-26-21)28-12-10-17(11-13-28)25-24(29)20-9-8-19(31-2)14-22(20)32-3/h4-9,14,17,21,23,26-27H,10-13,15H2,1-3H3,(H,25,29). The van der Waals surface area contributed by atoms with Gasteiger partial charge in [0.25, 0.3) is 5.91 Å². The van der Waals surface area contributed by atoms with Crippen molar-refractivity contribution in [1.29, 1.82) is 0 Å². The van der Waals surface area contributed by atoms with E-state index in [1.165, 1.54) is 5.56 Å². The Morgan fingerprint density at radius 2 is 1.62 bits per heavy atom. The van der Waals surface area contributed by atoms with E-state index in [9.17, 15) is 4.79 Å². The molecule has 0 spiro atoms. The van der Waals surface area contributed by atoms with Crippen molar-refractivity contribution in [1.82, 2.24) is 21.1 Å². The van der Waals surface area contributed by atoms with E-state index in [0.717, 1.165) is 38.1 Å². The molecule has 4 rings (SSSR count). The quantitative estimate of drug-likeness (QED) is 0.610. The molecule has 2 unspecified atom stereocenters. The van der Waals surface area contributed by atoms with Crippen molar-refractivity contribution in [3.63, 3.8) is 0 Å². The molecule has 8 heteroatoms. The van der Waals surface area contributed by atoms with Crippen molar-refractivity contribution in [2.24, 2.45) is 0 Å². The first kappa shape index (κ1) is 22.4. The number of amides is 1. The molecule has 3 N–H and O–H groups in total. The highest BCUT2D eigenvalue weighted by atomic mass is 16.5. The predicted molar refractivity (Wildman–Crippen MR) is 122 cm³/mol. The third kappa shape index (κ3) is 4.98. The van der Waals surface area contributed by atoms with E-state index in [4.69, 9.17) is 14.2 Å². The normalized spacial score (nSPS) is 21.8. The number of piperidine rings is 1. The monoisotopic (exact) mass is 440 g/mol. The molecule has 0 bridgehead atoms. The lowest BCUT2D eigenvalue weighted by molar-refractivity contribution is 0.0877. The highest BCUT2D eigenvalue weighted by Crippen LogP contribution is 2.28. The molecule has 2 saturated heterocycles. The van der Waals surface area contributed by atoms with E-state index in [1.54, 1.807) is 39.5 Å². The largest absolute Gasteiger partial charge is 0.497 e. The topological polar surface area (TPSA) is 84.1 Å². The zero-order chi connectivity index (χ0) is 22.5. The molecule has 0 aliphatic carbocycles. The maximum atomic E-state index is 12.8. The van der Waals surface area contributed by atoms with Gasteiger partial charge in [-0.2, -0.15) is 0 Å². The third-order valence-corrected chi connectivity index (χ3v) is 6.36. The van der Waals surface area contributed by atoms with Gasteiger partial charge >= 0.3 is 0 Å². The summed E-state index contributed by atoms with van der Waals surface area (Å²) in [5.74, 6) is 1.94. The van der Waals surface area contributed by atoms with Crippen LogP contribution in [0.5, 0.6) is 17.2 Å². The van der Waals surface area contributed by atoms with Crippen LogP contribution < -0.4 is 30.4 Å². The smallest absolute Gasteiger partial charge is 0.255 e. The first-order valence-electron chi connectivity index (χ1n) is 11.0. The minimum Gasteiger partial charge on any atom is -0.497 e. The highest BCUT2D eigenvalue weighted by Gasteiger charge is 2.32. The molecule has 0 saturated carbocycles. The Balaban J connectivity index is 1.27. The number of likely N-dealkylation sites (tertiary alicyclic amines) is 1. The van der Waals surface area contributed by atoms with Gasteiger partial charge in [0.05, 0.1) is 33.1 Å². The second-order valence-corrected chi connectivity index (χ2v) is 8.22. The molecule has 2 fully saturated rings. The summed E-state index contributed by atoms with van der Waals surface area (Å²) in [4.78, 5) is 15.3. The summed E-state index contributed by atoms with van der Waals surface area (Å²) in [6, 6.07) is 13.9. The van der Waals surface area contributed by atoms with Crippen LogP contribution in [0.15, 0.2) is 42.5 Å². The van der Waals surface area contributed by atoms with Crippen LogP contribution in [0.25, 0.3) is 0 Å². The molecule has 2 aromatic rings. The van der Waals surface area contributed by atoms with Crippen molar-refractivity contribution in [3.8, 4) is 17.2 Å². The number of carbonyl (C=O) groups is 1. The lowest BCUT2D eigenvalue weighted by Crippen LogP contribution is -2.51. The summed E-state index contributed by atoms with van der Waals surface area (Å²) in [6.07, 6.45) is 3.10. The van der Waals surface area contributed by atoms with Gasteiger partial charge in [-0.25, -0.2) is 10.9 Å². The number of methoxy groups -OCH3 is 3. The van der Waals surface area contributed by atoms with Crippen molar-refractivity contribution in [2.75, 3.05) is 34.4 Å². The van der Waals surface area contributed by atoms with E-state index >= 15 is 0 Å². The molecule has 2 heterocycles. The molecule has 8 nitrogen and oxygen atoms in total. The number of rotatable bonds is 7. The molecular formula is C24H32N4O4. The third-order valence-electron chi connectivity index (χ3n) is 6.36. The average Bonchev–Trinajstić information content (AvgIpc) is 3.34. The maximum Gasteiger partial charge on any atom is 0.255 e. The Morgan fingerprint density at radius 3 is 2.28 bits per heavy atom. The summed E-state index contributed by atoms with van der Waals surface area (Å²) < 4.78 is 15.8. The number of carbonyl (C=O) groups excluding carboxylic acids is 1. The Kier molecular flexibility index (Phi) is 7.14. The molecule has 2 aliphatic rings. The van der Waals surface area contributed by atoms with Gasteiger partial charge in [0.1, 0.15) is 17.2 Å². The average molecular weight is 441 g/mol. The van der Waals surface area contributed by atoms with Gasteiger partial charge in [0.2, 0.25) is 0 Å². The maximum absolute atomic E-state index is 12.8. The van der Waals surface area contributed by atoms with Gasteiger partial charge in [-0.3, -0.25) is 9.69 Å². The molecule has 0 radical (unpaired) electrons. The number of hydrazine groups is 1. The number of ether oxygens (including phenoxy) is 3. The van der Waals surface area contributed by atoms with Gasteiger partial charge in [0.15, 0.2) is 0 Å². The fraction of sp³-hybridized carbons (Fsp3) is 0.458. The first-order valence-corrected chi connectivity index (χ1v) is 11.0. The van der Waals surface area contributed by atoms with Crippen LogP contribution in [-0.4, -0.2) is 57.4 Å². The van der Waals surface area contributed by atoms with Crippen LogP contribution in [0.1, 0.15) is 41.2 Å². The zero-order valence-electron chi connectivity index (χ0n) is 18.9. The SMILES string of the molecule is COc1ccc(C2CC(N3CCC(NC(=O)c4ccc(OC)cc4OC)CC3)NN2)cc1. The van der Waals surface area contributed by atoms with Crippen LogP contribution in [0.3, 0.4) is 0 Å². The molecule has 1 amide bonds. The predicted octanol–water partition coefficient (Wildman–Crippen LogP) is 2.47. The molecule has 2 aliphatic heterocycles. The van der Waals surface area contributed by atoms with E-state index in [-0.39, 0.29) is 24.2 Å². The number of benzene rings is 2. The summed E-state index contributed by atoms with van der Waals surface area (Å²) in [5, 5.41) is 3.17. The van der Waals surface area contributed by atoms with Gasteiger partial charge in [-0.1, -0.05) is 12.1 Å². The van der Waals surface area contributed by atoms with Gasteiger partial charge in [-0.05, 0) is 49.1 Å². The fourth-order valence-corrected chi connectivity index (χ4v) is 4.44. The zero-order valence-corrected chi connectivity index (χ0v) is 18.9. The van der Waals surface area contributed by atoms with Crippen molar-refractivity contribution < 1.29 is 19.0 Å². The summed E-state index contributed by atoms with van der Waals surface area (Å²) in [7, 11) is 4.84. The van der Waals surface area contributed by atoms with Crippen LogP contribution in [-0.2, 0) is 0 Å². The Labute approximate surface area is 189 Å². The summed E-state index contributed by atoms with van der Waals surface area (Å²) >= 11 is 0. The van der Waals surface area contributed by atoms with E-state index in [2.05, 4.69) is 33.2 Å². The number of nitrogens with zero attached hydrogens (tertiary/aromatic N) is 1. The number of hydrogen-bond acceptors (Lipinski definition) is 7. The Hall–Kier alpha value is -2.81. The van der Waals surface area contributed by atoms with Crippen molar-refractivity contribution >= 4 is 5.91 Å². The van der Waals surface area contributed by atoms with Crippen LogP contribution >= 0.6 is 0 Å². The number of nitrogens with one attached hydrogen (secondary N) is 3. The fourth-order valence-electron chi connectivity index (χ4n) is 4.44. The van der Waals surface area contributed by atoms with E-state index < -0.39 is 0 Å². The molecular weight excluding hydrogens is 408 g/mol. The number of hydrogen-bond donors (Lipinski definition) is 3. The van der Waals surface area contributed by atoms with Crippen LogP contribution in [0.2, 0.25) is 0 Å². The van der Waals surface area contributed by atoms with Crippen LogP contribution in [0.4, 0.5) is 0 Å². The lowest BCUT2D eigenvalue weighted by atomic mass is 10.0.